The van der Waals surface area contributed by atoms with E-state index in [1.807, 2.05) is 31.2 Å². The highest BCUT2D eigenvalue weighted by molar-refractivity contribution is 6.00. The van der Waals surface area contributed by atoms with Gasteiger partial charge >= 0.3 is 0 Å². The molecular formula is C18H20N2O3. The lowest BCUT2D eigenvalue weighted by molar-refractivity contribution is -0.116. The number of phenols is 1. The minimum Gasteiger partial charge on any atom is -0.507 e. The Balaban J connectivity index is 2.02. The van der Waals surface area contributed by atoms with Crippen LogP contribution in [0.15, 0.2) is 48.5 Å². The van der Waals surface area contributed by atoms with Crippen LogP contribution in [0.1, 0.15) is 22.8 Å². The summed E-state index contributed by atoms with van der Waals surface area (Å²) in [6.07, 6.45) is 0.809. The van der Waals surface area contributed by atoms with Crippen LogP contribution in [0.25, 0.3) is 0 Å². The van der Waals surface area contributed by atoms with Gasteiger partial charge in [-0.2, -0.15) is 0 Å². The number of carbonyl (C=O) groups is 2. The Morgan fingerprint density at radius 1 is 1.09 bits per heavy atom. The maximum atomic E-state index is 12.3. The van der Waals surface area contributed by atoms with Crippen molar-refractivity contribution < 1.29 is 14.7 Å². The molecule has 23 heavy (non-hydrogen) atoms. The van der Waals surface area contributed by atoms with Gasteiger partial charge in [-0.3, -0.25) is 9.59 Å². The normalized spacial score (nSPS) is 10.2. The summed E-state index contributed by atoms with van der Waals surface area (Å²) in [6.45, 7) is 1.92. The summed E-state index contributed by atoms with van der Waals surface area (Å²) in [5.41, 5.74) is 1.97. The summed E-state index contributed by atoms with van der Waals surface area (Å²) < 4.78 is 0. The van der Waals surface area contributed by atoms with E-state index in [2.05, 4.69) is 5.32 Å². The molecule has 0 aromatic heterocycles. The molecule has 0 aliphatic heterocycles. The first kappa shape index (κ1) is 16.5. The summed E-state index contributed by atoms with van der Waals surface area (Å²) in [5, 5.41) is 12.5. The van der Waals surface area contributed by atoms with E-state index in [9.17, 15) is 14.7 Å². The second-order valence-electron chi connectivity index (χ2n) is 5.24. The van der Waals surface area contributed by atoms with Crippen LogP contribution in [-0.2, 0) is 11.2 Å². The van der Waals surface area contributed by atoms with E-state index in [0.717, 1.165) is 17.7 Å². The van der Waals surface area contributed by atoms with Crippen LogP contribution in [0.3, 0.4) is 0 Å². The van der Waals surface area contributed by atoms with Crippen molar-refractivity contribution in [1.29, 1.82) is 0 Å². The molecule has 2 N–H and O–H groups in total. The maximum absolute atomic E-state index is 12.3. The molecule has 0 bridgehead atoms. The van der Waals surface area contributed by atoms with Crippen molar-refractivity contribution in [1.82, 2.24) is 4.90 Å². The van der Waals surface area contributed by atoms with Gasteiger partial charge in [0.25, 0.3) is 5.91 Å². The summed E-state index contributed by atoms with van der Waals surface area (Å²) >= 11 is 0. The van der Waals surface area contributed by atoms with E-state index in [-0.39, 0.29) is 23.8 Å². The number of para-hydroxylation sites is 2. The first-order chi connectivity index (χ1) is 11.0. The minimum atomic E-state index is -0.401. The average molecular weight is 312 g/mol. The number of amides is 2. The molecule has 5 nitrogen and oxygen atoms in total. The molecule has 0 spiro atoms. The Bertz CT molecular complexity index is 713. The smallest absolute Gasteiger partial charge is 0.257 e. The van der Waals surface area contributed by atoms with E-state index in [4.69, 9.17) is 0 Å². The number of carbonyl (C=O) groups excluding carboxylic acids is 2. The van der Waals surface area contributed by atoms with Gasteiger partial charge in [0.05, 0.1) is 12.1 Å². The number of hydrogen-bond acceptors (Lipinski definition) is 3. The van der Waals surface area contributed by atoms with Crippen molar-refractivity contribution in [2.75, 3.05) is 18.9 Å². The first-order valence-electron chi connectivity index (χ1n) is 7.44. The number of aromatic hydroxyl groups is 1. The first-order valence-corrected chi connectivity index (χ1v) is 7.44. The highest BCUT2D eigenvalue weighted by Crippen LogP contribution is 2.18. The fourth-order valence-electron chi connectivity index (χ4n) is 2.29. The molecule has 0 saturated heterocycles. The number of nitrogens with one attached hydrogen (secondary N) is 1. The highest BCUT2D eigenvalue weighted by Gasteiger charge is 2.18. The zero-order valence-electron chi connectivity index (χ0n) is 13.2. The third-order valence-electron chi connectivity index (χ3n) is 3.53. The summed E-state index contributed by atoms with van der Waals surface area (Å²) in [6, 6.07) is 13.8. The number of rotatable bonds is 5. The zero-order chi connectivity index (χ0) is 16.8. The topological polar surface area (TPSA) is 69.6 Å². The lowest BCUT2D eigenvalue weighted by Crippen LogP contribution is -2.35. The van der Waals surface area contributed by atoms with E-state index in [0.29, 0.717) is 0 Å². The van der Waals surface area contributed by atoms with Gasteiger partial charge in [0, 0.05) is 12.7 Å². The summed E-state index contributed by atoms with van der Waals surface area (Å²) in [5.74, 6) is -0.778. The number of likely N-dealkylation sites (N-methyl/N-ethyl adjacent to an activating group) is 1. The van der Waals surface area contributed by atoms with Crippen LogP contribution in [-0.4, -0.2) is 35.4 Å². The fourth-order valence-corrected chi connectivity index (χ4v) is 2.29. The number of aryl methyl sites for hydroxylation is 1. The average Bonchev–Trinajstić information content (AvgIpc) is 2.55. The Kier molecular flexibility index (Phi) is 5.36. The second kappa shape index (κ2) is 7.45. The highest BCUT2D eigenvalue weighted by atomic mass is 16.3. The zero-order valence-corrected chi connectivity index (χ0v) is 13.2. The monoisotopic (exact) mass is 312 g/mol. The lowest BCUT2D eigenvalue weighted by atomic mass is 10.1. The number of phenolic OH excluding ortho intramolecular Hbond substituents is 1. The molecule has 0 heterocycles. The van der Waals surface area contributed by atoms with Crippen molar-refractivity contribution in [2.24, 2.45) is 0 Å². The molecule has 2 rings (SSSR count). The van der Waals surface area contributed by atoms with Gasteiger partial charge in [-0.15, -0.1) is 0 Å². The molecular weight excluding hydrogens is 292 g/mol. The van der Waals surface area contributed by atoms with Crippen LogP contribution in [0.4, 0.5) is 5.69 Å². The number of hydrogen-bond donors (Lipinski definition) is 2. The van der Waals surface area contributed by atoms with Crippen LogP contribution < -0.4 is 5.32 Å². The fraction of sp³-hybridized carbons (Fsp3) is 0.222. The van der Waals surface area contributed by atoms with E-state index in [1.165, 1.54) is 24.1 Å². The number of benzene rings is 2. The van der Waals surface area contributed by atoms with Gasteiger partial charge in [-0.1, -0.05) is 37.3 Å². The van der Waals surface area contributed by atoms with Crippen molar-refractivity contribution in [3.63, 3.8) is 0 Å². The van der Waals surface area contributed by atoms with E-state index < -0.39 is 5.91 Å². The van der Waals surface area contributed by atoms with Crippen molar-refractivity contribution in [3.05, 3.63) is 59.7 Å². The van der Waals surface area contributed by atoms with Crippen LogP contribution in [0.2, 0.25) is 0 Å². The van der Waals surface area contributed by atoms with E-state index in [1.54, 1.807) is 12.1 Å². The van der Waals surface area contributed by atoms with Gasteiger partial charge in [0.15, 0.2) is 0 Å². The number of anilines is 1. The van der Waals surface area contributed by atoms with Crippen LogP contribution in [0.5, 0.6) is 5.75 Å². The van der Waals surface area contributed by atoms with Crippen molar-refractivity contribution in [2.45, 2.75) is 13.3 Å². The molecule has 0 fully saturated rings. The van der Waals surface area contributed by atoms with Gasteiger partial charge in [0.1, 0.15) is 5.75 Å². The molecule has 2 amide bonds. The Hall–Kier alpha value is -2.82. The molecule has 2 aromatic carbocycles. The third-order valence-corrected chi connectivity index (χ3v) is 3.53. The standard InChI is InChI=1S/C18H20N2O3/c1-3-13-8-4-6-10-15(13)19-17(22)12-20(2)18(23)14-9-5-7-11-16(14)21/h4-11,21H,3,12H2,1-2H3,(H,19,22). The van der Waals surface area contributed by atoms with Gasteiger partial charge in [0.2, 0.25) is 5.91 Å². The van der Waals surface area contributed by atoms with Gasteiger partial charge < -0.3 is 15.3 Å². The second-order valence-corrected chi connectivity index (χ2v) is 5.24. The summed E-state index contributed by atoms with van der Waals surface area (Å²) in [4.78, 5) is 25.7. The van der Waals surface area contributed by atoms with Crippen molar-refractivity contribution >= 4 is 17.5 Å². The Morgan fingerprint density at radius 3 is 2.43 bits per heavy atom. The van der Waals surface area contributed by atoms with Gasteiger partial charge in [-0.25, -0.2) is 0 Å². The molecule has 0 atom stereocenters. The molecule has 0 unspecified atom stereocenters. The minimum absolute atomic E-state index is 0.0920. The Labute approximate surface area is 135 Å². The SMILES string of the molecule is CCc1ccccc1NC(=O)CN(C)C(=O)c1ccccc1O. The third kappa shape index (κ3) is 4.10. The largest absolute Gasteiger partial charge is 0.507 e. The van der Waals surface area contributed by atoms with Crippen LogP contribution >= 0.6 is 0 Å². The molecule has 0 aliphatic rings. The number of nitrogens with zero attached hydrogens (tertiary/aromatic N) is 1. The molecule has 5 heteroatoms. The van der Waals surface area contributed by atoms with E-state index >= 15 is 0 Å². The molecule has 0 aliphatic carbocycles. The predicted molar refractivity (Wildman–Crippen MR) is 89.5 cm³/mol. The summed E-state index contributed by atoms with van der Waals surface area (Å²) in [7, 11) is 1.53. The maximum Gasteiger partial charge on any atom is 0.257 e. The predicted octanol–water partition coefficient (Wildman–Crippen LogP) is 2.67. The molecule has 0 radical (unpaired) electrons. The quantitative estimate of drug-likeness (QED) is 0.892. The van der Waals surface area contributed by atoms with Crippen molar-refractivity contribution in [3.8, 4) is 5.75 Å². The van der Waals surface area contributed by atoms with Crippen LogP contribution in [0, 0.1) is 0 Å². The molecule has 0 saturated carbocycles. The lowest BCUT2D eigenvalue weighted by Gasteiger charge is -2.18. The Morgan fingerprint density at radius 2 is 1.74 bits per heavy atom. The molecule has 2 aromatic rings. The molecule has 120 valence electrons. The van der Waals surface area contributed by atoms with Gasteiger partial charge in [-0.05, 0) is 30.2 Å².